The minimum absolute atomic E-state index is 0.0656. The SMILES string of the molecule is N=c1oc2c(O)cccc2cc1C(=O)NCc1ccc(Cl)cc1. The van der Waals surface area contributed by atoms with E-state index in [0.29, 0.717) is 17.0 Å². The zero-order valence-electron chi connectivity index (χ0n) is 12.0. The van der Waals surface area contributed by atoms with Gasteiger partial charge >= 0.3 is 0 Å². The van der Waals surface area contributed by atoms with Gasteiger partial charge in [-0.15, -0.1) is 0 Å². The lowest BCUT2D eigenvalue weighted by Gasteiger charge is -2.07. The molecule has 1 heterocycles. The summed E-state index contributed by atoms with van der Waals surface area (Å²) >= 11 is 5.81. The van der Waals surface area contributed by atoms with Gasteiger partial charge in [0.05, 0.1) is 0 Å². The number of phenols is 1. The van der Waals surface area contributed by atoms with Crippen LogP contribution >= 0.6 is 11.6 Å². The molecule has 116 valence electrons. The number of phenolic OH excluding ortho intramolecular Hbond substituents is 1. The molecule has 0 radical (unpaired) electrons. The van der Waals surface area contributed by atoms with Gasteiger partial charge in [0.15, 0.2) is 11.3 Å². The van der Waals surface area contributed by atoms with Gasteiger partial charge in [-0.1, -0.05) is 35.9 Å². The quantitative estimate of drug-likeness (QED) is 0.690. The molecule has 0 saturated heterocycles. The molecule has 0 unspecified atom stereocenters. The first-order chi connectivity index (χ1) is 11.0. The van der Waals surface area contributed by atoms with Crippen molar-refractivity contribution >= 4 is 28.5 Å². The van der Waals surface area contributed by atoms with Crippen molar-refractivity contribution in [1.29, 1.82) is 5.41 Å². The van der Waals surface area contributed by atoms with E-state index in [4.69, 9.17) is 21.4 Å². The molecule has 0 fully saturated rings. The second kappa shape index (κ2) is 6.14. The molecule has 5 nitrogen and oxygen atoms in total. The number of fused-ring (bicyclic) bond motifs is 1. The van der Waals surface area contributed by atoms with Crippen molar-refractivity contribution < 1.29 is 14.3 Å². The minimum Gasteiger partial charge on any atom is -0.504 e. The molecule has 3 rings (SSSR count). The Labute approximate surface area is 136 Å². The van der Waals surface area contributed by atoms with E-state index in [1.54, 1.807) is 24.3 Å². The molecule has 0 spiro atoms. The van der Waals surface area contributed by atoms with E-state index in [-0.39, 0.29) is 22.5 Å². The monoisotopic (exact) mass is 328 g/mol. The number of para-hydroxylation sites is 1. The van der Waals surface area contributed by atoms with Crippen LogP contribution in [0.1, 0.15) is 15.9 Å². The van der Waals surface area contributed by atoms with Gasteiger partial charge in [0.2, 0.25) is 5.55 Å². The molecule has 2 aromatic carbocycles. The molecule has 0 aliphatic rings. The molecule has 0 aliphatic heterocycles. The second-order valence-electron chi connectivity index (χ2n) is 4.99. The topological polar surface area (TPSA) is 86.3 Å². The summed E-state index contributed by atoms with van der Waals surface area (Å²) in [6, 6.07) is 13.4. The number of benzene rings is 2. The normalized spacial score (nSPS) is 10.7. The lowest BCUT2D eigenvalue weighted by Crippen LogP contribution is -2.27. The summed E-state index contributed by atoms with van der Waals surface area (Å²) in [6.45, 7) is 0.313. The van der Waals surface area contributed by atoms with Crippen molar-refractivity contribution in [3.05, 3.63) is 70.2 Å². The fraction of sp³-hybridized carbons (Fsp3) is 0.0588. The van der Waals surface area contributed by atoms with Gasteiger partial charge < -0.3 is 14.8 Å². The second-order valence-corrected chi connectivity index (χ2v) is 5.43. The first kappa shape index (κ1) is 15.1. The number of amides is 1. The van der Waals surface area contributed by atoms with E-state index in [0.717, 1.165) is 5.56 Å². The summed E-state index contributed by atoms with van der Waals surface area (Å²) in [5.41, 5.74) is 0.890. The van der Waals surface area contributed by atoms with Crippen LogP contribution < -0.4 is 10.9 Å². The first-order valence-corrected chi connectivity index (χ1v) is 7.25. The molecule has 0 saturated carbocycles. The highest BCUT2D eigenvalue weighted by molar-refractivity contribution is 6.30. The Morgan fingerprint density at radius 1 is 1.22 bits per heavy atom. The van der Waals surface area contributed by atoms with Crippen LogP contribution in [0, 0.1) is 5.41 Å². The molecule has 1 amide bonds. The molecular weight excluding hydrogens is 316 g/mol. The molecule has 6 heteroatoms. The Morgan fingerprint density at radius 3 is 2.70 bits per heavy atom. The first-order valence-electron chi connectivity index (χ1n) is 6.87. The maximum atomic E-state index is 12.3. The molecule has 1 aromatic heterocycles. The summed E-state index contributed by atoms with van der Waals surface area (Å²) < 4.78 is 5.25. The maximum Gasteiger partial charge on any atom is 0.257 e. The van der Waals surface area contributed by atoms with Gasteiger partial charge in [-0.25, -0.2) is 0 Å². The van der Waals surface area contributed by atoms with Crippen molar-refractivity contribution in [1.82, 2.24) is 5.32 Å². The van der Waals surface area contributed by atoms with Gasteiger partial charge in [-0.3, -0.25) is 10.2 Å². The predicted molar refractivity (Wildman–Crippen MR) is 86.4 cm³/mol. The van der Waals surface area contributed by atoms with Crippen LogP contribution in [-0.4, -0.2) is 11.0 Å². The third-order valence-electron chi connectivity index (χ3n) is 3.38. The lowest BCUT2D eigenvalue weighted by molar-refractivity contribution is 0.0946. The van der Waals surface area contributed by atoms with Crippen LogP contribution in [-0.2, 0) is 6.54 Å². The molecule has 23 heavy (non-hydrogen) atoms. The van der Waals surface area contributed by atoms with Crippen LogP contribution in [0.25, 0.3) is 11.0 Å². The van der Waals surface area contributed by atoms with Crippen LogP contribution in [0.15, 0.2) is 52.9 Å². The zero-order valence-corrected chi connectivity index (χ0v) is 12.7. The van der Waals surface area contributed by atoms with Gasteiger partial charge in [-0.2, -0.15) is 0 Å². The Balaban J connectivity index is 1.84. The van der Waals surface area contributed by atoms with E-state index in [2.05, 4.69) is 5.32 Å². The number of nitrogens with one attached hydrogen (secondary N) is 2. The fourth-order valence-corrected chi connectivity index (χ4v) is 2.32. The summed E-state index contributed by atoms with van der Waals surface area (Å²) in [4.78, 5) is 12.3. The van der Waals surface area contributed by atoms with Crippen molar-refractivity contribution in [3.8, 4) is 5.75 Å². The largest absolute Gasteiger partial charge is 0.504 e. The standard InChI is InChI=1S/C17H13ClN2O3/c18-12-6-4-10(5-7-12)9-20-17(22)13-8-11-2-1-3-14(21)15(11)23-16(13)19/h1-8,19,21H,9H2,(H,20,22). The molecular formula is C17H13ClN2O3. The van der Waals surface area contributed by atoms with Crippen LogP contribution in [0.4, 0.5) is 0 Å². The Hall–Kier alpha value is -2.79. The van der Waals surface area contributed by atoms with Crippen molar-refractivity contribution in [3.63, 3.8) is 0 Å². The van der Waals surface area contributed by atoms with E-state index < -0.39 is 5.91 Å². The highest BCUT2D eigenvalue weighted by Crippen LogP contribution is 2.23. The third kappa shape index (κ3) is 3.19. The van der Waals surface area contributed by atoms with Crippen LogP contribution in [0.5, 0.6) is 5.75 Å². The number of aromatic hydroxyl groups is 1. The van der Waals surface area contributed by atoms with Crippen LogP contribution in [0.2, 0.25) is 5.02 Å². The van der Waals surface area contributed by atoms with E-state index in [9.17, 15) is 9.90 Å². The number of halogens is 1. The van der Waals surface area contributed by atoms with Gasteiger partial charge in [0, 0.05) is 17.0 Å². The highest BCUT2D eigenvalue weighted by Gasteiger charge is 2.12. The summed E-state index contributed by atoms with van der Waals surface area (Å²) in [7, 11) is 0. The molecule has 3 N–H and O–H groups in total. The molecule has 3 aromatic rings. The number of carbonyl (C=O) groups is 1. The predicted octanol–water partition coefficient (Wildman–Crippen LogP) is 3.20. The molecule has 0 bridgehead atoms. The summed E-state index contributed by atoms with van der Waals surface area (Å²) in [5.74, 6) is -0.483. The van der Waals surface area contributed by atoms with Crippen LogP contribution in [0.3, 0.4) is 0 Å². The van der Waals surface area contributed by atoms with Crippen molar-refractivity contribution in [2.75, 3.05) is 0 Å². The van der Waals surface area contributed by atoms with Gasteiger partial charge in [0.25, 0.3) is 5.91 Å². The van der Waals surface area contributed by atoms with Crippen molar-refractivity contribution in [2.24, 2.45) is 0 Å². The highest BCUT2D eigenvalue weighted by atomic mass is 35.5. The Kier molecular flexibility index (Phi) is 4.04. The number of hydrogen-bond acceptors (Lipinski definition) is 4. The van der Waals surface area contributed by atoms with E-state index >= 15 is 0 Å². The summed E-state index contributed by atoms with van der Waals surface area (Å²) in [6.07, 6.45) is 0. The lowest BCUT2D eigenvalue weighted by atomic mass is 10.1. The zero-order chi connectivity index (χ0) is 16.4. The number of rotatable bonds is 3. The molecule has 0 aliphatic carbocycles. The van der Waals surface area contributed by atoms with E-state index in [1.807, 2.05) is 12.1 Å². The maximum absolute atomic E-state index is 12.3. The minimum atomic E-state index is -0.418. The third-order valence-corrected chi connectivity index (χ3v) is 3.64. The number of carbonyl (C=O) groups excluding carboxylic acids is 1. The van der Waals surface area contributed by atoms with Gasteiger partial charge in [0.1, 0.15) is 5.56 Å². The van der Waals surface area contributed by atoms with E-state index in [1.165, 1.54) is 12.1 Å². The fourth-order valence-electron chi connectivity index (χ4n) is 2.19. The molecule has 0 atom stereocenters. The van der Waals surface area contributed by atoms with Crippen molar-refractivity contribution in [2.45, 2.75) is 6.54 Å². The Morgan fingerprint density at radius 2 is 1.96 bits per heavy atom. The average molecular weight is 329 g/mol. The Bertz CT molecular complexity index is 933. The number of hydrogen-bond donors (Lipinski definition) is 3. The average Bonchev–Trinajstić information content (AvgIpc) is 2.54. The summed E-state index contributed by atoms with van der Waals surface area (Å²) in [5, 5.41) is 21.5. The smallest absolute Gasteiger partial charge is 0.257 e. The van der Waals surface area contributed by atoms with Gasteiger partial charge in [-0.05, 0) is 29.8 Å².